The number of carbonyl (C=O) groups is 2. The van der Waals surface area contributed by atoms with Gasteiger partial charge in [-0.25, -0.2) is 4.39 Å². The highest BCUT2D eigenvalue weighted by Gasteiger charge is 2.31. The van der Waals surface area contributed by atoms with E-state index >= 15 is 0 Å². The van der Waals surface area contributed by atoms with Gasteiger partial charge in [0, 0.05) is 6.54 Å². The van der Waals surface area contributed by atoms with Crippen molar-refractivity contribution >= 4 is 11.8 Å². The summed E-state index contributed by atoms with van der Waals surface area (Å²) < 4.78 is 12.9. The highest BCUT2D eigenvalue weighted by atomic mass is 19.1. The lowest BCUT2D eigenvalue weighted by Gasteiger charge is -2.18. The van der Waals surface area contributed by atoms with Crippen LogP contribution in [0.25, 0.3) is 0 Å². The number of hydrogen-bond acceptors (Lipinski definition) is 3. The van der Waals surface area contributed by atoms with E-state index in [-0.39, 0.29) is 18.3 Å². The van der Waals surface area contributed by atoms with Crippen LogP contribution in [-0.4, -0.2) is 29.6 Å². The minimum absolute atomic E-state index is 0.120. The molecule has 120 valence electrons. The predicted octanol–water partition coefficient (Wildman–Crippen LogP) is 0.747. The summed E-state index contributed by atoms with van der Waals surface area (Å²) in [6, 6.07) is 5.82. The number of carbonyl (C=O) groups excluding carboxylic acids is 2. The predicted molar refractivity (Wildman–Crippen MR) is 79.1 cm³/mol. The van der Waals surface area contributed by atoms with Gasteiger partial charge in [0.15, 0.2) is 0 Å². The first kappa shape index (κ1) is 16.4. The Labute approximate surface area is 128 Å². The molecule has 22 heavy (non-hydrogen) atoms. The lowest BCUT2D eigenvalue weighted by Crippen LogP contribution is -2.41. The van der Waals surface area contributed by atoms with Crippen LogP contribution in [0, 0.1) is 17.7 Å². The molecule has 1 aliphatic rings. The molecule has 1 aromatic rings. The van der Waals surface area contributed by atoms with Crippen molar-refractivity contribution in [1.82, 2.24) is 5.32 Å². The number of primary amides is 1. The molecule has 1 aromatic carbocycles. The molecule has 0 aliphatic heterocycles. The van der Waals surface area contributed by atoms with E-state index in [1.54, 1.807) is 12.1 Å². The first-order valence-corrected chi connectivity index (χ1v) is 7.47. The Bertz CT molecular complexity index is 533. The van der Waals surface area contributed by atoms with Crippen LogP contribution in [0.5, 0.6) is 0 Å². The minimum atomic E-state index is -0.607. The van der Waals surface area contributed by atoms with Crippen LogP contribution in [0.2, 0.25) is 0 Å². The normalized spacial score (nSPS) is 22.3. The second-order valence-corrected chi connectivity index (χ2v) is 5.78. The van der Waals surface area contributed by atoms with Crippen LogP contribution in [0.3, 0.4) is 0 Å². The molecule has 0 aromatic heterocycles. The van der Waals surface area contributed by atoms with Gasteiger partial charge in [-0.15, -0.1) is 0 Å². The van der Waals surface area contributed by atoms with Gasteiger partial charge in [0.2, 0.25) is 11.8 Å². The lowest BCUT2D eigenvalue weighted by atomic mass is 9.98. The van der Waals surface area contributed by atoms with Crippen molar-refractivity contribution in [3.05, 3.63) is 35.6 Å². The maximum atomic E-state index is 12.9. The number of benzene rings is 1. The summed E-state index contributed by atoms with van der Waals surface area (Å²) in [7, 11) is 0. The van der Waals surface area contributed by atoms with Gasteiger partial charge in [0.1, 0.15) is 5.82 Å². The third-order valence-electron chi connectivity index (χ3n) is 4.14. The Morgan fingerprint density at radius 3 is 2.55 bits per heavy atom. The highest BCUT2D eigenvalue weighted by molar-refractivity contribution is 5.81. The van der Waals surface area contributed by atoms with Crippen molar-refractivity contribution < 1.29 is 19.1 Å². The quantitative estimate of drug-likeness (QED) is 0.724. The van der Waals surface area contributed by atoms with E-state index in [2.05, 4.69) is 5.32 Å². The summed E-state index contributed by atoms with van der Waals surface area (Å²) in [5.74, 6) is -2.07. The van der Waals surface area contributed by atoms with Gasteiger partial charge in [-0.3, -0.25) is 9.59 Å². The number of halogens is 1. The van der Waals surface area contributed by atoms with Crippen molar-refractivity contribution in [2.75, 3.05) is 6.54 Å². The van der Waals surface area contributed by atoms with E-state index in [1.807, 2.05) is 0 Å². The van der Waals surface area contributed by atoms with E-state index in [1.165, 1.54) is 12.1 Å². The third-order valence-corrected chi connectivity index (χ3v) is 4.14. The van der Waals surface area contributed by atoms with Crippen molar-refractivity contribution in [3.63, 3.8) is 0 Å². The van der Waals surface area contributed by atoms with Crippen molar-refractivity contribution in [1.29, 1.82) is 0 Å². The van der Waals surface area contributed by atoms with Gasteiger partial charge in [-0.1, -0.05) is 12.1 Å². The molecule has 3 atom stereocenters. The second-order valence-electron chi connectivity index (χ2n) is 5.78. The average molecular weight is 308 g/mol. The maximum absolute atomic E-state index is 12.9. The number of amides is 2. The summed E-state index contributed by atoms with van der Waals surface area (Å²) in [6.07, 6.45) is 1.85. The van der Waals surface area contributed by atoms with Gasteiger partial charge < -0.3 is 16.2 Å². The monoisotopic (exact) mass is 308 g/mol. The van der Waals surface area contributed by atoms with Gasteiger partial charge in [0.05, 0.1) is 17.9 Å². The van der Waals surface area contributed by atoms with Crippen LogP contribution in [0.1, 0.15) is 24.8 Å². The van der Waals surface area contributed by atoms with E-state index in [0.29, 0.717) is 19.3 Å². The molecule has 1 aliphatic carbocycles. The number of aliphatic hydroxyl groups excluding tert-OH is 1. The molecule has 2 rings (SSSR count). The molecule has 1 fully saturated rings. The molecule has 1 saturated carbocycles. The summed E-state index contributed by atoms with van der Waals surface area (Å²) in [6.45, 7) is 0.120. The van der Waals surface area contributed by atoms with Crippen LogP contribution in [0.15, 0.2) is 24.3 Å². The molecule has 0 spiro atoms. The summed E-state index contributed by atoms with van der Waals surface area (Å²) in [5.41, 5.74) is 6.15. The zero-order valence-corrected chi connectivity index (χ0v) is 12.3. The van der Waals surface area contributed by atoms with E-state index < -0.39 is 23.8 Å². The molecule has 0 bridgehead atoms. The molecule has 0 radical (unpaired) electrons. The molecule has 4 N–H and O–H groups in total. The number of nitrogens with two attached hydrogens (primary N) is 1. The summed E-state index contributed by atoms with van der Waals surface area (Å²) >= 11 is 0. The number of hydrogen-bond donors (Lipinski definition) is 3. The SMILES string of the molecule is NC(=O)C(CNC(=O)C1CCCC1O)Cc1ccc(F)cc1. The van der Waals surface area contributed by atoms with Crippen LogP contribution in [-0.2, 0) is 16.0 Å². The zero-order chi connectivity index (χ0) is 16.1. The van der Waals surface area contributed by atoms with Crippen LogP contribution < -0.4 is 11.1 Å². The number of aliphatic hydroxyl groups is 1. The van der Waals surface area contributed by atoms with E-state index in [9.17, 15) is 19.1 Å². The Balaban J connectivity index is 1.90. The smallest absolute Gasteiger partial charge is 0.225 e. The Morgan fingerprint density at radius 2 is 2.00 bits per heavy atom. The van der Waals surface area contributed by atoms with Crippen LogP contribution >= 0.6 is 0 Å². The topological polar surface area (TPSA) is 92.4 Å². The second kappa shape index (κ2) is 7.35. The molecular formula is C16H21FN2O3. The fourth-order valence-electron chi connectivity index (χ4n) is 2.78. The maximum Gasteiger partial charge on any atom is 0.225 e. The minimum Gasteiger partial charge on any atom is -0.392 e. The third kappa shape index (κ3) is 4.27. The number of rotatable bonds is 6. The van der Waals surface area contributed by atoms with Gasteiger partial charge >= 0.3 is 0 Å². The first-order valence-electron chi connectivity index (χ1n) is 7.47. The first-order chi connectivity index (χ1) is 10.5. The molecule has 3 unspecified atom stereocenters. The molecular weight excluding hydrogens is 287 g/mol. The molecule has 5 nitrogen and oxygen atoms in total. The zero-order valence-electron chi connectivity index (χ0n) is 12.3. The Morgan fingerprint density at radius 1 is 1.32 bits per heavy atom. The Kier molecular flexibility index (Phi) is 5.49. The largest absolute Gasteiger partial charge is 0.392 e. The molecule has 0 heterocycles. The fourth-order valence-corrected chi connectivity index (χ4v) is 2.78. The van der Waals surface area contributed by atoms with Crippen molar-refractivity contribution in [2.45, 2.75) is 31.8 Å². The lowest BCUT2D eigenvalue weighted by molar-refractivity contribution is -0.128. The fraction of sp³-hybridized carbons (Fsp3) is 0.500. The number of nitrogens with one attached hydrogen (secondary N) is 1. The Hall–Kier alpha value is -1.95. The molecule has 6 heteroatoms. The van der Waals surface area contributed by atoms with E-state index in [0.717, 1.165) is 12.0 Å². The van der Waals surface area contributed by atoms with Gasteiger partial charge in [-0.2, -0.15) is 0 Å². The van der Waals surface area contributed by atoms with Gasteiger partial charge in [0.25, 0.3) is 0 Å². The molecule has 0 saturated heterocycles. The van der Waals surface area contributed by atoms with Crippen LogP contribution in [0.4, 0.5) is 4.39 Å². The van der Waals surface area contributed by atoms with E-state index in [4.69, 9.17) is 5.73 Å². The van der Waals surface area contributed by atoms with Crippen molar-refractivity contribution in [3.8, 4) is 0 Å². The summed E-state index contributed by atoms with van der Waals surface area (Å²) in [5, 5.41) is 12.4. The standard InChI is InChI=1S/C16H21FN2O3/c17-12-6-4-10(5-7-12)8-11(15(18)21)9-19-16(22)13-2-1-3-14(13)20/h4-7,11,13-14,20H,1-3,8-9H2,(H2,18,21)(H,19,22). The average Bonchev–Trinajstić information content (AvgIpc) is 2.91. The highest BCUT2D eigenvalue weighted by Crippen LogP contribution is 2.25. The molecule has 2 amide bonds. The van der Waals surface area contributed by atoms with Gasteiger partial charge in [-0.05, 0) is 43.4 Å². The van der Waals surface area contributed by atoms with Crippen molar-refractivity contribution in [2.24, 2.45) is 17.6 Å². The summed E-state index contributed by atoms with van der Waals surface area (Å²) in [4.78, 5) is 23.5.